The first-order chi connectivity index (χ1) is 9.92. The third kappa shape index (κ3) is 2.42. The number of anilines is 1. The average Bonchev–Trinajstić information content (AvgIpc) is 3.22. The standard InChI is InChI=1S/C16H21N3S/c1-2-12(10-17-7-1)11-19(13-3-4-13)16-14-6-9-20-15(14)5-8-18-16/h5-6,8-9,12-13,17H,1-4,7,10-11H2. The van der Waals surface area contributed by atoms with Crippen LogP contribution in [0.25, 0.3) is 10.1 Å². The molecule has 1 N–H and O–H groups in total. The van der Waals surface area contributed by atoms with Crippen molar-refractivity contribution in [2.24, 2.45) is 5.92 Å². The lowest BCUT2D eigenvalue weighted by Crippen LogP contribution is -2.39. The molecule has 0 aromatic carbocycles. The van der Waals surface area contributed by atoms with Crippen LogP contribution < -0.4 is 10.2 Å². The SMILES string of the molecule is c1cc2sccc2c(N(CC2CCCNC2)C2CC2)n1. The van der Waals surface area contributed by atoms with Crippen LogP contribution in [0, 0.1) is 5.92 Å². The van der Waals surface area contributed by atoms with Gasteiger partial charge in [0.1, 0.15) is 5.82 Å². The highest BCUT2D eigenvalue weighted by molar-refractivity contribution is 7.17. The van der Waals surface area contributed by atoms with Gasteiger partial charge in [0.25, 0.3) is 0 Å². The highest BCUT2D eigenvalue weighted by atomic mass is 32.1. The van der Waals surface area contributed by atoms with Gasteiger partial charge in [0.2, 0.25) is 0 Å². The second-order valence-corrected chi connectivity index (χ2v) is 7.01. The molecule has 1 aliphatic carbocycles. The Balaban J connectivity index is 1.63. The molecule has 2 aromatic rings. The van der Waals surface area contributed by atoms with Crippen LogP contribution in [-0.2, 0) is 0 Å². The van der Waals surface area contributed by atoms with Crippen LogP contribution in [0.2, 0.25) is 0 Å². The van der Waals surface area contributed by atoms with Crippen molar-refractivity contribution in [1.29, 1.82) is 0 Å². The van der Waals surface area contributed by atoms with E-state index in [4.69, 9.17) is 4.98 Å². The van der Waals surface area contributed by atoms with Crippen LogP contribution >= 0.6 is 11.3 Å². The molecule has 20 heavy (non-hydrogen) atoms. The maximum atomic E-state index is 4.72. The van der Waals surface area contributed by atoms with Crippen molar-refractivity contribution in [3.63, 3.8) is 0 Å². The minimum Gasteiger partial charge on any atom is -0.353 e. The van der Waals surface area contributed by atoms with E-state index < -0.39 is 0 Å². The fourth-order valence-electron chi connectivity index (χ4n) is 3.26. The summed E-state index contributed by atoms with van der Waals surface area (Å²) >= 11 is 1.82. The second-order valence-electron chi connectivity index (χ2n) is 6.06. The van der Waals surface area contributed by atoms with Gasteiger partial charge in [0.05, 0.1) is 0 Å². The molecule has 1 atom stereocenters. The Hall–Kier alpha value is -1.13. The fourth-order valence-corrected chi connectivity index (χ4v) is 4.04. The van der Waals surface area contributed by atoms with E-state index in [1.807, 2.05) is 17.5 Å². The Morgan fingerprint density at radius 1 is 1.30 bits per heavy atom. The van der Waals surface area contributed by atoms with E-state index in [1.54, 1.807) is 0 Å². The molecule has 1 saturated heterocycles. The molecule has 2 aromatic heterocycles. The van der Waals surface area contributed by atoms with E-state index in [2.05, 4.69) is 27.7 Å². The van der Waals surface area contributed by atoms with Crippen molar-refractivity contribution in [1.82, 2.24) is 10.3 Å². The molecule has 0 radical (unpaired) electrons. The van der Waals surface area contributed by atoms with Crippen molar-refractivity contribution < 1.29 is 0 Å². The quantitative estimate of drug-likeness (QED) is 0.935. The number of aromatic nitrogens is 1. The number of pyridine rings is 1. The Bertz CT molecular complexity index is 584. The van der Waals surface area contributed by atoms with Crippen molar-refractivity contribution in [3.8, 4) is 0 Å². The van der Waals surface area contributed by atoms with Gasteiger partial charge in [-0.15, -0.1) is 11.3 Å². The topological polar surface area (TPSA) is 28.2 Å². The summed E-state index contributed by atoms with van der Waals surface area (Å²) in [7, 11) is 0. The predicted octanol–water partition coefficient (Wildman–Crippen LogP) is 3.26. The predicted molar refractivity (Wildman–Crippen MR) is 85.6 cm³/mol. The lowest BCUT2D eigenvalue weighted by Gasteiger charge is -2.31. The normalized spacial score (nSPS) is 23.1. The molecule has 1 unspecified atom stereocenters. The molecule has 1 aliphatic heterocycles. The molecule has 0 bridgehead atoms. The maximum Gasteiger partial charge on any atom is 0.137 e. The first-order valence-corrected chi connectivity index (χ1v) is 8.59. The minimum absolute atomic E-state index is 0.731. The number of hydrogen-bond acceptors (Lipinski definition) is 4. The lowest BCUT2D eigenvalue weighted by molar-refractivity contribution is 0.375. The highest BCUT2D eigenvalue weighted by Gasteiger charge is 2.32. The summed E-state index contributed by atoms with van der Waals surface area (Å²) in [5.74, 6) is 2.00. The summed E-state index contributed by atoms with van der Waals surface area (Å²) in [5, 5.41) is 7.06. The van der Waals surface area contributed by atoms with E-state index >= 15 is 0 Å². The number of rotatable bonds is 4. The summed E-state index contributed by atoms with van der Waals surface area (Å²) in [6, 6.07) is 5.10. The minimum atomic E-state index is 0.731. The molecule has 0 amide bonds. The molecule has 106 valence electrons. The number of nitrogens with one attached hydrogen (secondary N) is 1. The summed E-state index contributed by atoms with van der Waals surface area (Å²) in [6.07, 6.45) is 7.32. The van der Waals surface area contributed by atoms with Crippen LogP contribution in [0.3, 0.4) is 0 Å². The summed E-state index contributed by atoms with van der Waals surface area (Å²) < 4.78 is 1.36. The maximum absolute atomic E-state index is 4.72. The van der Waals surface area contributed by atoms with Gasteiger partial charge in [-0.1, -0.05) is 0 Å². The van der Waals surface area contributed by atoms with Gasteiger partial charge in [-0.2, -0.15) is 0 Å². The summed E-state index contributed by atoms with van der Waals surface area (Å²) in [4.78, 5) is 7.31. The second kappa shape index (κ2) is 5.34. The lowest BCUT2D eigenvalue weighted by atomic mass is 9.99. The first kappa shape index (κ1) is 12.6. The Morgan fingerprint density at radius 2 is 2.25 bits per heavy atom. The Labute approximate surface area is 124 Å². The van der Waals surface area contributed by atoms with E-state index in [-0.39, 0.29) is 0 Å². The zero-order valence-electron chi connectivity index (χ0n) is 11.7. The summed E-state index contributed by atoms with van der Waals surface area (Å²) in [5.41, 5.74) is 0. The molecule has 2 aliphatic rings. The number of hydrogen-bond donors (Lipinski definition) is 1. The third-order valence-corrected chi connectivity index (χ3v) is 5.35. The van der Waals surface area contributed by atoms with E-state index in [0.29, 0.717) is 0 Å². The zero-order valence-corrected chi connectivity index (χ0v) is 12.5. The van der Waals surface area contributed by atoms with Gasteiger partial charge in [0, 0.05) is 28.9 Å². The molecule has 1 saturated carbocycles. The highest BCUT2D eigenvalue weighted by Crippen LogP contribution is 2.36. The summed E-state index contributed by atoms with van der Waals surface area (Å²) in [6.45, 7) is 3.53. The van der Waals surface area contributed by atoms with Gasteiger partial charge in [-0.05, 0) is 62.2 Å². The molecule has 3 nitrogen and oxygen atoms in total. The van der Waals surface area contributed by atoms with Crippen LogP contribution in [0.5, 0.6) is 0 Å². The fraction of sp³-hybridized carbons (Fsp3) is 0.562. The molecule has 4 rings (SSSR count). The van der Waals surface area contributed by atoms with Crippen LogP contribution in [0.15, 0.2) is 23.7 Å². The third-order valence-electron chi connectivity index (χ3n) is 4.47. The first-order valence-electron chi connectivity index (χ1n) is 7.71. The van der Waals surface area contributed by atoms with Crippen LogP contribution in [0.1, 0.15) is 25.7 Å². The number of nitrogens with zero attached hydrogens (tertiary/aromatic N) is 2. The van der Waals surface area contributed by atoms with Gasteiger partial charge in [-0.25, -0.2) is 4.98 Å². The Morgan fingerprint density at radius 3 is 3.05 bits per heavy atom. The molecular formula is C16H21N3S. The number of piperidine rings is 1. The molecule has 2 fully saturated rings. The number of thiophene rings is 1. The van der Waals surface area contributed by atoms with Gasteiger partial charge in [0.15, 0.2) is 0 Å². The van der Waals surface area contributed by atoms with Crippen molar-refractivity contribution >= 4 is 27.2 Å². The van der Waals surface area contributed by atoms with Crippen molar-refractivity contribution in [2.45, 2.75) is 31.7 Å². The Kier molecular flexibility index (Phi) is 3.36. The molecule has 4 heteroatoms. The molecule has 0 spiro atoms. The van der Waals surface area contributed by atoms with Crippen LogP contribution in [-0.4, -0.2) is 30.7 Å². The monoisotopic (exact) mass is 287 g/mol. The van der Waals surface area contributed by atoms with Crippen molar-refractivity contribution in [3.05, 3.63) is 23.7 Å². The van der Waals surface area contributed by atoms with Gasteiger partial charge < -0.3 is 10.2 Å². The van der Waals surface area contributed by atoms with Crippen LogP contribution in [0.4, 0.5) is 5.82 Å². The van der Waals surface area contributed by atoms with E-state index in [9.17, 15) is 0 Å². The number of fused-ring (bicyclic) bond motifs is 1. The smallest absolute Gasteiger partial charge is 0.137 e. The zero-order chi connectivity index (χ0) is 13.4. The molecule has 3 heterocycles. The van der Waals surface area contributed by atoms with Gasteiger partial charge >= 0.3 is 0 Å². The van der Waals surface area contributed by atoms with Gasteiger partial charge in [-0.3, -0.25) is 0 Å². The largest absolute Gasteiger partial charge is 0.353 e. The average molecular weight is 287 g/mol. The van der Waals surface area contributed by atoms with Crippen molar-refractivity contribution in [2.75, 3.05) is 24.5 Å². The van der Waals surface area contributed by atoms with E-state index in [0.717, 1.165) is 12.0 Å². The van der Waals surface area contributed by atoms with E-state index in [1.165, 1.54) is 61.2 Å². The molecular weight excluding hydrogens is 266 g/mol.